The number of likely N-dealkylation sites (tertiary alicyclic amines) is 1. The first-order valence-corrected chi connectivity index (χ1v) is 12.8. The largest absolute Gasteiger partial charge is 0.308 e. The van der Waals surface area contributed by atoms with Crippen LogP contribution in [0.3, 0.4) is 0 Å². The SMILES string of the molecule is O=C(CNCC1CCN(C(c2ccccc2)c2ccccc2)C1)N(c1ccccc1)c1ccccc1. The van der Waals surface area contributed by atoms with Gasteiger partial charge in [-0.05, 0) is 60.8 Å². The molecule has 0 aromatic heterocycles. The molecule has 0 saturated carbocycles. The monoisotopic (exact) mass is 475 g/mol. The summed E-state index contributed by atoms with van der Waals surface area (Å²) >= 11 is 0. The molecule has 5 rings (SSSR count). The van der Waals surface area contributed by atoms with Gasteiger partial charge >= 0.3 is 0 Å². The van der Waals surface area contributed by atoms with Gasteiger partial charge in [-0.25, -0.2) is 0 Å². The van der Waals surface area contributed by atoms with Gasteiger partial charge in [0.15, 0.2) is 0 Å². The molecule has 0 radical (unpaired) electrons. The van der Waals surface area contributed by atoms with E-state index >= 15 is 0 Å². The second-order valence-electron chi connectivity index (χ2n) is 9.40. The average molecular weight is 476 g/mol. The van der Waals surface area contributed by atoms with Gasteiger partial charge in [0, 0.05) is 17.9 Å². The van der Waals surface area contributed by atoms with Crippen molar-refractivity contribution < 1.29 is 4.79 Å². The van der Waals surface area contributed by atoms with Gasteiger partial charge in [0.1, 0.15) is 0 Å². The molecule has 4 aromatic rings. The van der Waals surface area contributed by atoms with Gasteiger partial charge in [-0.2, -0.15) is 0 Å². The Morgan fingerprint density at radius 3 is 1.72 bits per heavy atom. The summed E-state index contributed by atoms with van der Waals surface area (Å²) in [6.45, 7) is 3.20. The number of amides is 1. The fourth-order valence-corrected chi connectivity index (χ4v) is 5.20. The minimum Gasteiger partial charge on any atom is -0.308 e. The number of para-hydroxylation sites is 2. The molecule has 1 aliphatic heterocycles. The summed E-state index contributed by atoms with van der Waals surface area (Å²) in [4.78, 5) is 17.7. The van der Waals surface area contributed by atoms with Crippen LogP contribution in [0.4, 0.5) is 11.4 Å². The van der Waals surface area contributed by atoms with Gasteiger partial charge in [-0.3, -0.25) is 14.6 Å². The summed E-state index contributed by atoms with van der Waals surface area (Å²) < 4.78 is 0. The Hall–Kier alpha value is -3.73. The van der Waals surface area contributed by atoms with Crippen LogP contribution in [0, 0.1) is 5.92 Å². The first kappa shape index (κ1) is 24.0. The predicted octanol–water partition coefficient (Wildman–Crippen LogP) is 6.05. The van der Waals surface area contributed by atoms with Gasteiger partial charge in [0.05, 0.1) is 12.6 Å². The number of hydrogen-bond donors (Lipinski definition) is 1. The molecule has 1 atom stereocenters. The number of carbonyl (C=O) groups is 1. The second kappa shape index (κ2) is 11.8. The first-order chi connectivity index (χ1) is 17.8. The maximum atomic E-state index is 13.3. The Morgan fingerprint density at radius 1 is 0.750 bits per heavy atom. The third-order valence-corrected chi connectivity index (χ3v) is 6.90. The highest BCUT2D eigenvalue weighted by Crippen LogP contribution is 2.33. The van der Waals surface area contributed by atoms with E-state index in [1.54, 1.807) is 4.90 Å². The molecule has 182 valence electrons. The van der Waals surface area contributed by atoms with E-state index in [1.165, 1.54) is 11.1 Å². The van der Waals surface area contributed by atoms with E-state index in [4.69, 9.17) is 0 Å². The number of rotatable bonds is 9. The second-order valence-corrected chi connectivity index (χ2v) is 9.40. The van der Waals surface area contributed by atoms with Gasteiger partial charge in [-0.15, -0.1) is 0 Å². The molecule has 36 heavy (non-hydrogen) atoms. The van der Waals surface area contributed by atoms with E-state index in [1.807, 2.05) is 60.7 Å². The maximum absolute atomic E-state index is 13.3. The number of nitrogens with zero attached hydrogens (tertiary/aromatic N) is 2. The minimum absolute atomic E-state index is 0.0497. The van der Waals surface area contributed by atoms with Gasteiger partial charge in [0.2, 0.25) is 5.91 Å². The molecule has 4 nitrogen and oxygen atoms in total. The van der Waals surface area contributed by atoms with Crippen molar-refractivity contribution in [2.24, 2.45) is 5.92 Å². The summed E-state index contributed by atoms with van der Waals surface area (Å²) in [7, 11) is 0. The zero-order valence-electron chi connectivity index (χ0n) is 20.5. The van der Waals surface area contributed by atoms with Gasteiger partial charge in [-0.1, -0.05) is 97.1 Å². The molecule has 1 amide bonds. The number of carbonyl (C=O) groups excluding carboxylic acids is 1. The summed E-state index contributed by atoms with van der Waals surface area (Å²) in [6, 6.07) is 41.5. The predicted molar refractivity (Wildman–Crippen MR) is 147 cm³/mol. The van der Waals surface area contributed by atoms with Crippen LogP contribution in [0.25, 0.3) is 0 Å². The Labute approximate surface area is 214 Å². The van der Waals surface area contributed by atoms with Crippen LogP contribution in [0.2, 0.25) is 0 Å². The van der Waals surface area contributed by atoms with Crippen molar-refractivity contribution in [1.82, 2.24) is 10.2 Å². The van der Waals surface area contributed by atoms with Crippen molar-refractivity contribution >= 4 is 17.3 Å². The Balaban J connectivity index is 1.22. The number of nitrogens with one attached hydrogen (secondary N) is 1. The van der Waals surface area contributed by atoms with Crippen LogP contribution >= 0.6 is 0 Å². The van der Waals surface area contributed by atoms with Crippen molar-refractivity contribution in [3.8, 4) is 0 Å². The van der Waals surface area contributed by atoms with E-state index in [9.17, 15) is 4.79 Å². The highest BCUT2D eigenvalue weighted by atomic mass is 16.2. The lowest BCUT2D eigenvalue weighted by Gasteiger charge is -2.29. The van der Waals surface area contributed by atoms with Gasteiger partial charge in [0.25, 0.3) is 0 Å². The van der Waals surface area contributed by atoms with E-state index < -0.39 is 0 Å². The highest BCUT2D eigenvalue weighted by molar-refractivity contribution is 6.01. The van der Waals surface area contributed by atoms with Crippen LogP contribution in [0.15, 0.2) is 121 Å². The van der Waals surface area contributed by atoms with E-state index in [0.717, 1.165) is 37.4 Å². The van der Waals surface area contributed by atoms with Gasteiger partial charge < -0.3 is 5.32 Å². The molecule has 1 aliphatic rings. The van der Waals surface area contributed by atoms with Crippen molar-refractivity contribution in [1.29, 1.82) is 0 Å². The van der Waals surface area contributed by atoms with Crippen molar-refractivity contribution in [3.63, 3.8) is 0 Å². The van der Waals surface area contributed by atoms with Crippen molar-refractivity contribution in [2.45, 2.75) is 12.5 Å². The molecule has 0 bridgehead atoms. The summed E-state index contributed by atoms with van der Waals surface area (Å²) in [5, 5.41) is 3.47. The highest BCUT2D eigenvalue weighted by Gasteiger charge is 2.30. The molecule has 1 unspecified atom stereocenters. The maximum Gasteiger partial charge on any atom is 0.245 e. The van der Waals surface area contributed by atoms with Crippen LogP contribution < -0.4 is 10.2 Å². The smallest absolute Gasteiger partial charge is 0.245 e. The Kier molecular flexibility index (Phi) is 7.86. The van der Waals surface area contributed by atoms with Crippen LogP contribution in [0.5, 0.6) is 0 Å². The third kappa shape index (κ3) is 5.73. The number of anilines is 2. The van der Waals surface area contributed by atoms with Crippen LogP contribution in [-0.4, -0.2) is 37.0 Å². The van der Waals surface area contributed by atoms with Crippen LogP contribution in [0.1, 0.15) is 23.6 Å². The Bertz CT molecular complexity index is 1140. The zero-order chi connectivity index (χ0) is 24.6. The summed E-state index contributed by atoms with van der Waals surface area (Å²) in [5.74, 6) is 0.559. The normalized spacial score (nSPS) is 15.8. The third-order valence-electron chi connectivity index (χ3n) is 6.90. The molecule has 4 aromatic carbocycles. The molecule has 0 aliphatic carbocycles. The Morgan fingerprint density at radius 2 is 1.22 bits per heavy atom. The quantitative estimate of drug-likeness (QED) is 0.320. The lowest BCUT2D eigenvalue weighted by molar-refractivity contribution is -0.117. The molecule has 0 spiro atoms. The number of hydrogen-bond acceptors (Lipinski definition) is 3. The standard InChI is InChI=1S/C32H33N3O/c36-31(35(29-17-9-3-10-18-29)30-19-11-4-12-20-30)24-33-23-26-21-22-34(25-26)32(27-13-5-1-6-14-27)28-15-7-2-8-16-28/h1-20,26,32-33H,21-25H2. The summed E-state index contributed by atoms with van der Waals surface area (Å²) in [6.07, 6.45) is 1.12. The molecule has 1 N–H and O–H groups in total. The topological polar surface area (TPSA) is 35.6 Å². The zero-order valence-corrected chi connectivity index (χ0v) is 20.5. The average Bonchev–Trinajstić information content (AvgIpc) is 3.40. The molecule has 4 heteroatoms. The molecular formula is C32H33N3O. The lowest BCUT2D eigenvalue weighted by atomic mass is 9.97. The van der Waals surface area contributed by atoms with E-state index in [2.05, 4.69) is 70.9 Å². The van der Waals surface area contributed by atoms with Crippen molar-refractivity contribution in [3.05, 3.63) is 132 Å². The fourth-order valence-electron chi connectivity index (χ4n) is 5.20. The van der Waals surface area contributed by atoms with E-state index in [-0.39, 0.29) is 11.9 Å². The summed E-state index contributed by atoms with van der Waals surface area (Å²) in [5.41, 5.74) is 4.43. The van der Waals surface area contributed by atoms with Crippen LogP contribution in [-0.2, 0) is 4.79 Å². The molecule has 1 fully saturated rings. The minimum atomic E-state index is 0.0497. The lowest BCUT2D eigenvalue weighted by Crippen LogP contribution is -2.37. The molecule has 1 saturated heterocycles. The first-order valence-electron chi connectivity index (χ1n) is 12.8. The fraction of sp³-hybridized carbons (Fsp3) is 0.219. The van der Waals surface area contributed by atoms with Crippen molar-refractivity contribution in [2.75, 3.05) is 31.1 Å². The number of benzene rings is 4. The van der Waals surface area contributed by atoms with E-state index in [0.29, 0.717) is 12.5 Å². The molecular weight excluding hydrogens is 442 g/mol. The molecule has 1 heterocycles.